The molecule has 2 amide bonds. The molecule has 7 nitrogen and oxygen atoms in total. The third kappa shape index (κ3) is 5.03. The van der Waals surface area contributed by atoms with Gasteiger partial charge in [-0.15, -0.1) is 0 Å². The molecule has 1 aromatic carbocycles. The monoisotopic (exact) mass is 388 g/mol. The number of carbonyl (C=O) groups is 3. The zero-order valence-electron chi connectivity index (χ0n) is 16.3. The first-order valence-electron chi connectivity index (χ1n) is 9.93. The topological polar surface area (TPSA) is 84.9 Å². The van der Waals surface area contributed by atoms with Gasteiger partial charge in [0.1, 0.15) is 5.75 Å². The SMILES string of the molecule is COc1ccccc1CCNC(=O)COC(=O)[C@H]1CC(=O)N(C2CCCC2)C1. The second-order valence-corrected chi connectivity index (χ2v) is 7.40. The molecule has 0 radical (unpaired) electrons. The lowest BCUT2D eigenvalue weighted by Crippen LogP contribution is -2.35. The van der Waals surface area contributed by atoms with E-state index in [0.29, 0.717) is 19.5 Å². The fourth-order valence-corrected chi connectivity index (χ4v) is 4.01. The highest BCUT2D eigenvalue weighted by Crippen LogP contribution is 2.29. The summed E-state index contributed by atoms with van der Waals surface area (Å²) in [5.41, 5.74) is 0.999. The molecule has 7 heteroatoms. The molecular formula is C21H28N2O5. The molecule has 1 saturated heterocycles. The maximum atomic E-state index is 12.2. The number of rotatable bonds is 8. The normalized spacial score (nSPS) is 19.7. The van der Waals surface area contributed by atoms with Crippen molar-refractivity contribution in [1.29, 1.82) is 0 Å². The van der Waals surface area contributed by atoms with Crippen molar-refractivity contribution in [3.8, 4) is 5.75 Å². The Balaban J connectivity index is 1.37. The molecule has 1 atom stereocenters. The zero-order chi connectivity index (χ0) is 19.9. The molecule has 0 aromatic heterocycles. The molecule has 1 aromatic rings. The van der Waals surface area contributed by atoms with Crippen LogP contribution in [0.5, 0.6) is 5.75 Å². The maximum Gasteiger partial charge on any atom is 0.311 e. The van der Waals surface area contributed by atoms with E-state index in [9.17, 15) is 14.4 Å². The van der Waals surface area contributed by atoms with Gasteiger partial charge >= 0.3 is 5.97 Å². The van der Waals surface area contributed by atoms with Crippen LogP contribution in [0.15, 0.2) is 24.3 Å². The zero-order valence-corrected chi connectivity index (χ0v) is 16.3. The fourth-order valence-electron chi connectivity index (χ4n) is 4.01. The van der Waals surface area contributed by atoms with E-state index >= 15 is 0 Å². The molecule has 2 fully saturated rings. The van der Waals surface area contributed by atoms with Gasteiger partial charge < -0.3 is 19.7 Å². The summed E-state index contributed by atoms with van der Waals surface area (Å²) in [7, 11) is 1.61. The summed E-state index contributed by atoms with van der Waals surface area (Å²) in [6.45, 7) is 0.519. The number of methoxy groups -OCH3 is 1. The maximum absolute atomic E-state index is 12.2. The van der Waals surface area contributed by atoms with E-state index in [1.165, 1.54) is 0 Å². The summed E-state index contributed by atoms with van der Waals surface area (Å²) in [4.78, 5) is 38.2. The summed E-state index contributed by atoms with van der Waals surface area (Å²) in [6.07, 6.45) is 5.11. The molecule has 0 spiro atoms. The molecular weight excluding hydrogens is 360 g/mol. The second kappa shape index (κ2) is 9.57. The molecule has 1 aliphatic heterocycles. The average molecular weight is 388 g/mol. The highest BCUT2D eigenvalue weighted by Gasteiger charge is 2.39. The van der Waals surface area contributed by atoms with Gasteiger partial charge in [0.15, 0.2) is 6.61 Å². The summed E-state index contributed by atoms with van der Waals surface area (Å²) in [6, 6.07) is 7.89. The number of esters is 1. The molecule has 28 heavy (non-hydrogen) atoms. The van der Waals surface area contributed by atoms with E-state index in [0.717, 1.165) is 37.0 Å². The van der Waals surface area contributed by atoms with Gasteiger partial charge in [0.25, 0.3) is 5.91 Å². The van der Waals surface area contributed by atoms with Crippen LogP contribution in [-0.4, -0.2) is 55.5 Å². The number of hydrogen-bond donors (Lipinski definition) is 1. The Bertz CT molecular complexity index is 715. The number of carbonyl (C=O) groups excluding carboxylic acids is 3. The Morgan fingerprint density at radius 1 is 1.21 bits per heavy atom. The molecule has 2 aliphatic rings. The summed E-state index contributed by atoms with van der Waals surface area (Å²) in [5.74, 6) is -0.473. The smallest absolute Gasteiger partial charge is 0.311 e. The molecule has 1 N–H and O–H groups in total. The van der Waals surface area contributed by atoms with Crippen molar-refractivity contribution in [2.75, 3.05) is 26.8 Å². The Hall–Kier alpha value is -2.57. The lowest BCUT2D eigenvalue weighted by atomic mass is 10.1. The molecule has 152 valence electrons. The van der Waals surface area contributed by atoms with E-state index in [-0.39, 0.29) is 30.9 Å². The minimum absolute atomic E-state index is 0.0232. The minimum atomic E-state index is -0.464. The van der Waals surface area contributed by atoms with Crippen LogP contribution >= 0.6 is 0 Å². The predicted octanol–water partition coefficient (Wildman–Crippen LogP) is 1.69. The van der Waals surface area contributed by atoms with Crippen molar-refractivity contribution < 1.29 is 23.9 Å². The molecule has 0 unspecified atom stereocenters. The molecule has 1 heterocycles. The van der Waals surface area contributed by atoms with E-state index in [2.05, 4.69) is 5.32 Å². The van der Waals surface area contributed by atoms with E-state index < -0.39 is 11.9 Å². The number of nitrogens with one attached hydrogen (secondary N) is 1. The first kappa shape index (κ1) is 20.2. The fraction of sp³-hybridized carbons (Fsp3) is 0.571. The highest BCUT2D eigenvalue weighted by molar-refractivity contribution is 5.88. The van der Waals surface area contributed by atoms with Gasteiger partial charge in [0.05, 0.1) is 13.0 Å². The number of ether oxygens (including phenoxy) is 2. The standard InChI is InChI=1S/C21H28N2O5/c1-27-18-9-5-2-6-15(18)10-11-22-19(24)14-28-21(26)16-12-20(25)23(13-16)17-7-3-4-8-17/h2,5-6,9,16-17H,3-4,7-8,10-14H2,1H3,(H,22,24)/t16-/m0/s1. The Morgan fingerprint density at radius 2 is 1.96 bits per heavy atom. The quantitative estimate of drug-likeness (QED) is 0.685. The van der Waals surface area contributed by atoms with E-state index in [4.69, 9.17) is 9.47 Å². The van der Waals surface area contributed by atoms with Crippen LogP contribution < -0.4 is 10.1 Å². The number of likely N-dealkylation sites (tertiary alicyclic amines) is 1. The largest absolute Gasteiger partial charge is 0.496 e. The van der Waals surface area contributed by atoms with Crippen molar-refractivity contribution in [3.05, 3.63) is 29.8 Å². The van der Waals surface area contributed by atoms with Crippen molar-refractivity contribution in [3.63, 3.8) is 0 Å². The first-order chi connectivity index (χ1) is 13.6. The molecule has 3 rings (SSSR count). The summed E-state index contributed by atoms with van der Waals surface area (Å²) in [5, 5.41) is 2.74. The Morgan fingerprint density at radius 3 is 2.71 bits per heavy atom. The van der Waals surface area contributed by atoms with Gasteiger partial charge in [-0.05, 0) is 30.9 Å². The second-order valence-electron chi connectivity index (χ2n) is 7.40. The summed E-state index contributed by atoms with van der Waals surface area (Å²) >= 11 is 0. The molecule has 0 bridgehead atoms. The first-order valence-corrected chi connectivity index (χ1v) is 9.93. The molecule has 1 aliphatic carbocycles. The van der Waals surface area contributed by atoms with Gasteiger partial charge in [0, 0.05) is 25.6 Å². The third-order valence-electron chi connectivity index (χ3n) is 5.51. The van der Waals surface area contributed by atoms with Crippen LogP contribution in [0.4, 0.5) is 0 Å². The van der Waals surface area contributed by atoms with Gasteiger partial charge in [-0.2, -0.15) is 0 Å². The number of nitrogens with zero attached hydrogens (tertiary/aromatic N) is 1. The van der Waals surface area contributed by atoms with Crippen molar-refractivity contribution >= 4 is 17.8 Å². The number of hydrogen-bond acceptors (Lipinski definition) is 5. The summed E-state index contributed by atoms with van der Waals surface area (Å²) < 4.78 is 10.4. The number of amides is 2. The van der Waals surface area contributed by atoms with E-state index in [1.54, 1.807) is 7.11 Å². The molecule has 1 saturated carbocycles. The van der Waals surface area contributed by atoms with Crippen LogP contribution in [0.2, 0.25) is 0 Å². The third-order valence-corrected chi connectivity index (χ3v) is 5.51. The van der Waals surface area contributed by atoms with Crippen LogP contribution in [0.25, 0.3) is 0 Å². The van der Waals surface area contributed by atoms with Gasteiger partial charge in [0.2, 0.25) is 5.91 Å². The van der Waals surface area contributed by atoms with Crippen molar-refractivity contribution in [1.82, 2.24) is 10.2 Å². The van der Waals surface area contributed by atoms with Crippen LogP contribution in [-0.2, 0) is 25.5 Å². The average Bonchev–Trinajstić information content (AvgIpc) is 3.36. The number of benzene rings is 1. The minimum Gasteiger partial charge on any atom is -0.496 e. The van der Waals surface area contributed by atoms with Crippen LogP contribution in [0.3, 0.4) is 0 Å². The Labute approximate surface area is 165 Å². The van der Waals surface area contributed by atoms with Gasteiger partial charge in [-0.3, -0.25) is 14.4 Å². The lowest BCUT2D eigenvalue weighted by Gasteiger charge is -2.23. The van der Waals surface area contributed by atoms with Crippen LogP contribution in [0, 0.1) is 5.92 Å². The van der Waals surface area contributed by atoms with Gasteiger partial charge in [-0.25, -0.2) is 0 Å². The van der Waals surface area contributed by atoms with Gasteiger partial charge in [-0.1, -0.05) is 31.0 Å². The Kier molecular flexibility index (Phi) is 6.90. The predicted molar refractivity (Wildman–Crippen MR) is 103 cm³/mol. The van der Waals surface area contributed by atoms with E-state index in [1.807, 2.05) is 29.2 Å². The van der Waals surface area contributed by atoms with Crippen LogP contribution in [0.1, 0.15) is 37.7 Å². The lowest BCUT2D eigenvalue weighted by molar-refractivity contribution is -0.152. The van der Waals surface area contributed by atoms with Crippen molar-refractivity contribution in [2.24, 2.45) is 5.92 Å². The highest BCUT2D eigenvalue weighted by atomic mass is 16.5. The number of para-hydroxylation sites is 1. The van der Waals surface area contributed by atoms with Crippen molar-refractivity contribution in [2.45, 2.75) is 44.6 Å².